The van der Waals surface area contributed by atoms with Gasteiger partial charge in [-0.25, -0.2) is 0 Å². The van der Waals surface area contributed by atoms with Crippen molar-refractivity contribution in [1.82, 2.24) is 10.3 Å². The van der Waals surface area contributed by atoms with Crippen molar-refractivity contribution in [2.75, 3.05) is 19.7 Å². The number of H-pyrrole nitrogens is 1. The molecule has 122 valence electrons. The minimum Gasteiger partial charge on any atom is -0.466 e. The van der Waals surface area contributed by atoms with E-state index in [0.717, 1.165) is 17.0 Å². The summed E-state index contributed by atoms with van der Waals surface area (Å²) in [6, 6.07) is 7.72. The summed E-state index contributed by atoms with van der Waals surface area (Å²) >= 11 is 0. The Morgan fingerprint density at radius 1 is 1.39 bits per heavy atom. The van der Waals surface area contributed by atoms with Crippen LogP contribution in [0.1, 0.15) is 18.9 Å². The number of fused-ring (bicyclic) bond motifs is 1. The SMILES string of the molecule is CCOC(=O)C[C@H]1C(=O)NCC[NH+]1Cc1c[nH]c2ccccc12. The van der Waals surface area contributed by atoms with Gasteiger partial charge >= 0.3 is 5.97 Å². The van der Waals surface area contributed by atoms with Crippen molar-refractivity contribution in [1.29, 1.82) is 0 Å². The lowest BCUT2D eigenvalue weighted by atomic mass is 10.1. The molecule has 1 aliphatic heterocycles. The molecule has 0 saturated carbocycles. The summed E-state index contributed by atoms with van der Waals surface area (Å²) in [4.78, 5) is 28.3. The molecule has 1 aliphatic rings. The predicted molar refractivity (Wildman–Crippen MR) is 85.9 cm³/mol. The van der Waals surface area contributed by atoms with E-state index >= 15 is 0 Å². The van der Waals surface area contributed by atoms with E-state index in [1.807, 2.05) is 24.4 Å². The average molecular weight is 316 g/mol. The highest BCUT2D eigenvalue weighted by Crippen LogP contribution is 2.16. The topological polar surface area (TPSA) is 75.6 Å². The quantitative estimate of drug-likeness (QED) is 0.680. The summed E-state index contributed by atoms with van der Waals surface area (Å²) in [5, 5.41) is 4.02. The number of carbonyl (C=O) groups excluding carboxylic acids is 2. The van der Waals surface area contributed by atoms with Crippen molar-refractivity contribution in [2.24, 2.45) is 0 Å². The summed E-state index contributed by atoms with van der Waals surface area (Å²) in [6.07, 6.45) is 2.11. The van der Waals surface area contributed by atoms with E-state index < -0.39 is 6.04 Å². The Hall–Kier alpha value is -2.34. The van der Waals surface area contributed by atoms with Crippen LogP contribution in [0, 0.1) is 0 Å². The van der Waals surface area contributed by atoms with Crippen LogP contribution in [0.3, 0.4) is 0 Å². The first-order valence-corrected chi connectivity index (χ1v) is 8.02. The van der Waals surface area contributed by atoms with Gasteiger partial charge < -0.3 is 19.9 Å². The Bertz CT molecular complexity index is 710. The number of hydrogen-bond acceptors (Lipinski definition) is 3. The lowest BCUT2D eigenvalue weighted by molar-refractivity contribution is -0.930. The van der Waals surface area contributed by atoms with Crippen LogP contribution < -0.4 is 10.2 Å². The fourth-order valence-electron chi connectivity index (χ4n) is 3.19. The molecule has 2 atom stereocenters. The second kappa shape index (κ2) is 6.83. The molecule has 1 saturated heterocycles. The zero-order valence-corrected chi connectivity index (χ0v) is 13.2. The molecule has 2 aromatic rings. The number of aromatic amines is 1. The standard InChI is InChI=1S/C17H21N3O3/c1-2-23-16(21)9-15-17(22)18-7-8-20(15)11-12-10-19-14-6-4-3-5-13(12)14/h3-6,10,15,19H,2,7-9,11H2,1H3,(H,18,22)/p+1/t15-/m0/s1. The van der Waals surface area contributed by atoms with E-state index in [0.29, 0.717) is 19.7 Å². The third-order valence-corrected chi connectivity index (χ3v) is 4.32. The van der Waals surface area contributed by atoms with Crippen LogP contribution in [0.2, 0.25) is 0 Å². The molecule has 1 aromatic heterocycles. The van der Waals surface area contributed by atoms with Crippen molar-refractivity contribution < 1.29 is 19.2 Å². The highest BCUT2D eigenvalue weighted by molar-refractivity contribution is 5.86. The maximum Gasteiger partial charge on any atom is 0.312 e. The summed E-state index contributed by atoms with van der Waals surface area (Å²) in [6.45, 7) is 4.26. The molecule has 1 fully saturated rings. The van der Waals surface area contributed by atoms with Crippen LogP contribution in [0.4, 0.5) is 0 Å². The average Bonchev–Trinajstić information content (AvgIpc) is 2.94. The monoisotopic (exact) mass is 316 g/mol. The normalized spacial score (nSPS) is 21.2. The van der Waals surface area contributed by atoms with Gasteiger partial charge in [-0.05, 0) is 13.0 Å². The van der Waals surface area contributed by atoms with Crippen molar-refractivity contribution in [2.45, 2.75) is 25.9 Å². The molecule has 3 N–H and O–H groups in total. The van der Waals surface area contributed by atoms with Crippen LogP contribution in [-0.2, 0) is 20.9 Å². The van der Waals surface area contributed by atoms with Gasteiger partial charge in [-0.2, -0.15) is 0 Å². The summed E-state index contributed by atoms with van der Waals surface area (Å²) in [5.74, 6) is -0.384. The first kappa shape index (κ1) is 15.6. The van der Waals surface area contributed by atoms with Gasteiger partial charge in [0, 0.05) is 22.7 Å². The van der Waals surface area contributed by atoms with Gasteiger partial charge in [-0.3, -0.25) is 9.59 Å². The summed E-state index contributed by atoms with van der Waals surface area (Å²) in [7, 11) is 0. The first-order chi connectivity index (χ1) is 11.2. The van der Waals surface area contributed by atoms with Crippen molar-refractivity contribution in [3.63, 3.8) is 0 Å². The van der Waals surface area contributed by atoms with E-state index in [1.54, 1.807) is 6.92 Å². The molecule has 0 spiro atoms. The molecule has 1 amide bonds. The Labute approximate surface area is 134 Å². The number of rotatable bonds is 5. The van der Waals surface area contributed by atoms with Gasteiger partial charge in [0.2, 0.25) is 0 Å². The predicted octanol–water partition coefficient (Wildman–Crippen LogP) is 0.00440. The van der Waals surface area contributed by atoms with Crippen molar-refractivity contribution in [3.8, 4) is 0 Å². The lowest BCUT2D eigenvalue weighted by Crippen LogP contribution is -3.18. The number of carbonyl (C=O) groups is 2. The van der Waals surface area contributed by atoms with E-state index in [2.05, 4.69) is 16.4 Å². The molecule has 0 bridgehead atoms. The van der Waals surface area contributed by atoms with E-state index in [9.17, 15) is 9.59 Å². The fraction of sp³-hybridized carbons (Fsp3) is 0.412. The van der Waals surface area contributed by atoms with Crippen LogP contribution in [0.25, 0.3) is 10.9 Å². The first-order valence-electron chi connectivity index (χ1n) is 8.02. The zero-order valence-electron chi connectivity index (χ0n) is 13.2. The Balaban J connectivity index is 1.78. The number of nitrogens with one attached hydrogen (secondary N) is 3. The van der Waals surface area contributed by atoms with Crippen LogP contribution in [-0.4, -0.2) is 42.6 Å². The van der Waals surface area contributed by atoms with Gasteiger partial charge in [-0.15, -0.1) is 0 Å². The van der Waals surface area contributed by atoms with E-state index in [1.165, 1.54) is 10.9 Å². The van der Waals surface area contributed by atoms with Crippen molar-refractivity contribution >= 4 is 22.8 Å². The highest BCUT2D eigenvalue weighted by Gasteiger charge is 2.36. The van der Waals surface area contributed by atoms with Gasteiger partial charge in [0.15, 0.2) is 6.04 Å². The number of para-hydroxylation sites is 1. The van der Waals surface area contributed by atoms with Gasteiger partial charge in [0.05, 0.1) is 19.7 Å². The van der Waals surface area contributed by atoms with E-state index in [-0.39, 0.29) is 18.3 Å². The summed E-state index contributed by atoms with van der Waals surface area (Å²) in [5.41, 5.74) is 2.25. The number of hydrogen-bond donors (Lipinski definition) is 3. The second-order valence-corrected chi connectivity index (χ2v) is 5.80. The number of aromatic nitrogens is 1. The van der Waals surface area contributed by atoms with Crippen LogP contribution in [0.15, 0.2) is 30.5 Å². The van der Waals surface area contributed by atoms with Crippen molar-refractivity contribution in [3.05, 3.63) is 36.0 Å². The van der Waals surface area contributed by atoms with Gasteiger partial charge in [-0.1, -0.05) is 18.2 Å². The van der Waals surface area contributed by atoms with Crippen LogP contribution >= 0.6 is 0 Å². The van der Waals surface area contributed by atoms with Crippen LogP contribution in [0.5, 0.6) is 0 Å². The third kappa shape index (κ3) is 3.37. The number of esters is 1. The molecule has 0 radical (unpaired) electrons. The Morgan fingerprint density at radius 3 is 3.04 bits per heavy atom. The molecular formula is C17H22N3O3+. The number of quaternary nitrogens is 1. The second-order valence-electron chi connectivity index (χ2n) is 5.80. The highest BCUT2D eigenvalue weighted by atomic mass is 16.5. The number of piperazine rings is 1. The number of ether oxygens (including phenoxy) is 1. The van der Waals surface area contributed by atoms with E-state index in [4.69, 9.17) is 4.74 Å². The third-order valence-electron chi connectivity index (χ3n) is 4.32. The molecule has 3 rings (SSSR count). The maximum absolute atomic E-state index is 12.2. The summed E-state index contributed by atoms with van der Waals surface area (Å²) < 4.78 is 5.01. The molecule has 1 aromatic carbocycles. The Morgan fingerprint density at radius 2 is 2.22 bits per heavy atom. The van der Waals surface area contributed by atoms with Gasteiger partial charge in [0.25, 0.3) is 5.91 Å². The molecule has 1 unspecified atom stereocenters. The molecule has 6 heteroatoms. The number of benzene rings is 1. The minimum atomic E-state index is -0.392. The largest absolute Gasteiger partial charge is 0.466 e. The fourth-order valence-corrected chi connectivity index (χ4v) is 3.19. The smallest absolute Gasteiger partial charge is 0.312 e. The molecule has 0 aliphatic carbocycles. The minimum absolute atomic E-state index is 0.0702. The number of amides is 1. The lowest BCUT2D eigenvalue weighted by Gasteiger charge is -2.31. The Kier molecular flexibility index (Phi) is 4.62. The maximum atomic E-state index is 12.2. The molecule has 23 heavy (non-hydrogen) atoms. The zero-order chi connectivity index (χ0) is 16.2. The molecule has 2 heterocycles. The molecular weight excluding hydrogens is 294 g/mol. The molecule has 6 nitrogen and oxygen atoms in total. The van der Waals surface area contributed by atoms with Gasteiger partial charge in [0.1, 0.15) is 13.0 Å².